The van der Waals surface area contributed by atoms with Crippen LogP contribution >= 0.6 is 11.3 Å². The summed E-state index contributed by atoms with van der Waals surface area (Å²) in [5, 5.41) is 11.1. The molecular formula is C28H39N3O3S. The minimum atomic E-state index is -0.0716. The summed E-state index contributed by atoms with van der Waals surface area (Å²) in [5.74, 6) is 1.18. The molecule has 0 atom stereocenters. The molecule has 2 saturated carbocycles. The van der Waals surface area contributed by atoms with Gasteiger partial charge in [0.1, 0.15) is 10.0 Å². The third kappa shape index (κ3) is 6.23. The van der Waals surface area contributed by atoms with Gasteiger partial charge in [0.2, 0.25) is 0 Å². The maximum absolute atomic E-state index is 11.8. The van der Waals surface area contributed by atoms with Crippen molar-refractivity contribution in [3.05, 3.63) is 29.3 Å². The van der Waals surface area contributed by atoms with E-state index < -0.39 is 0 Å². The molecule has 3 fully saturated rings. The molecule has 0 N–H and O–H groups in total. The second kappa shape index (κ2) is 11.8. The van der Waals surface area contributed by atoms with Crippen molar-refractivity contribution in [2.24, 2.45) is 11.8 Å². The molecule has 0 spiro atoms. The number of carbonyl (C=O) groups is 1. The van der Waals surface area contributed by atoms with Gasteiger partial charge in [0.05, 0.1) is 19.1 Å². The number of benzene rings is 1. The van der Waals surface area contributed by atoms with Crippen LogP contribution < -0.4 is 4.90 Å². The quantitative estimate of drug-likeness (QED) is 0.423. The van der Waals surface area contributed by atoms with Crippen LogP contribution in [0.2, 0.25) is 0 Å². The fourth-order valence-electron chi connectivity index (χ4n) is 5.98. The van der Waals surface area contributed by atoms with E-state index in [1.54, 1.807) is 11.3 Å². The average Bonchev–Trinajstić information content (AvgIpc) is 3.43. The Morgan fingerprint density at radius 3 is 2.34 bits per heavy atom. The van der Waals surface area contributed by atoms with Crippen LogP contribution in [-0.2, 0) is 14.3 Å². The first kappa shape index (κ1) is 24.7. The molecule has 35 heavy (non-hydrogen) atoms. The number of aromatic nitrogens is 2. The number of anilines is 1. The molecule has 2 heterocycles. The van der Waals surface area contributed by atoms with Crippen LogP contribution in [0.3, 0.4) is 0 Å². The van der Waals surface area contributed by atoms with Gasteiger partial charge in [0, 0.05) is 36.9 Å². The van der Waals surface area contributed by atoms with Crippen LogP contribution in [-0.4, -0.2) is 49.1 Å². The van der Waals surface area contributed by atoms with Crippen LogP contribution in [0.15, 0.2) is 24.3 Å². The van der Waals surface area contributed by atoms with Gasteiger partial charge in [-0.3, -0.25) is 4.79 Å². The van der Waals surface area contributed by atoms with Gasteiger partial charge >= 0.3 is 5.97 Å². The lowest BCUT2D eigenvalue weighted by Gasteiger charge is -2.34. The van der Waals surface area contributed by atoms with Crippen molar-refractivity contribution >= 4 is 23.0 Å². The van der Waals surface area contributed by atoms with E-state index in [9.17, 15) is 4.79 Å². The maximum atomic E-state index is 11.8. The third-order valence-corrected chi connectivity index (χ3v) is 9.40. The Morgan fingerprint density at radius 1 is 0.943 bits per heavy atom. The fourth-order valence-corrected chi connectivity index (χ4v) is 7.00. The zero-order chi connectivity index (χ0) is 24.0. The van der Waals surface area contributed by atoms with Gasteiger partial charge in [0.25, 0.3) is 0 Å². The molecule has 1 aromatic heterocycles. The van der Waals surface area contributed by atoms with Crippen LogP contribution in [0.25, 0.3) is 10.6 Å². The Kier molecular flexibility index (Phi) is 8.35. The van der Waals surface area contributed by atoms with Crippen LogP contribution in [0.5, 0.6) is 0 Å². The van der Waals surface area contributed by atoms with Crippen molar-refractivity contribution in [2.75, 3.05) is 31.7 Å². The molecule has 2 aliphatic carbocycles. The molecule has 1 aliphatic heterocycles. The zero-order valence-electron chi connectivity index (χ0n) is 21.0. The van der Waals surface area contributed by atoms with E-state index in [1.165, 1.54) is 44.9 Å². The Labute approximate surface area is 213 Å². The molecule has 1 saturated heterocycles. The molecule has 190 valence electrons. The second-order valence-corrected chi connectivity index (χ2v) is 11.6. The van der Waals surface area contributed by atoms with E-state index in [4.69, 9.17) is 9.47 Å². The van der Waals surface area contributed by atoms with E-state index in [0.717, 1.165) is 79.7 Å². The molecule has 3 aliphatic rings. The predicted octanol–water partition coefficient (Wildman–Crippen LogP) is 6.22. The van der Waals surface area contributed by atoms with Gasteiger partial charge in [0.15, 0.2) is 0 Å². The predicted molar refractivity (Wildman–Crippen MR) is 140 cm³/mol. The lowest BCUT2D eigenvalue weighted by atomic mass is 9.82. The number of carbonyl (C=O) groups excluding carboxylic acids is 1. The third-order valence-electron chi connectivity index (χ3n) is 8.27. The van der Waals surface area contributed by atoms with E-state index >= 15 is 0 Å². The van der Waals surface area contributed by atoms with Gasteiger partial charge in [-0.25, -0.2) is 0 Å². The number of hydrogen-bond donors (Lipinski definition) is 0. The topological polar surface area (TPSA) is 64.5 Å². The van der Waals surface area contributed by atoms with Gasteiger partial charge in [-0.15, -0.1) is 10.2 Å². The number of piperidine rings is 1. The zero-order valence-corrected chi connectivity index (χ0v) is 21.8. The summed E-state index contributed by atoms with van der Waals surface area (Å²) in [5.41, 5.74) is 2.41. The van der Waals surface area contributed by atoms with Crippen LogP contribution in [0.4, 0.5) is 5.69 Å². The lowest BCUT2D eigenvalue weighted by molar-refractivity contribution is -0.146. The molecule has 0 amide bonds. The van der Waals surface area contributed by atoms with E-state index in [2.05, 4.69) is 39.4 Å². The molecule has 7 heteroatoms. The fraction of sp³-hybridized carbons (Fsp3) is 0.679. The summed E-state index contributed by atoms with van der Waals surface area (Å²) in [6.07, 6.45) is 13.3. The highest BCUT2D eigenvalue weighted by Gasteiger charge is 2.29. The van der Waals surface area contributed by atoms with Gasteiger partial charge in [-0.2, -0.15) is 0 Å². The summed E-state index contributed by atoms with van der Waals surface area (Å²) in [6, 6.07) is 8.81. The highest BCUT2D eigenvalue weighted by molar-refractivity contribution is 7.14. The van der Waals surface area contributed by atoms with Crippen LogP contribution in [0.1, 0.15) is 81.6 Å². The smallest absolute Gasteiger partial charge is 0.308 e. The first-order valence-corrected chi connectivity index (χ1v) is 14.4. The first-order chi connectivity index (χ1) is 17.2. The number of methoxy groups -OCH3 is 1. The highest BCUT2D eigenvalue weighted by Crippen LogP contribution is 2.39. The summed E-state index contributed by atoms with van der Waals surface area (Å²) < 4.78 is 11.2. The number of nitrogens with zero attached hydrogens (tertiary/aromatic N) is 3. The van der Waals surface area contributed by atoms with Gasteiger partial charge < -0.3 is 14.4 Å². The number of ether oxygens (including phenoxy) is 2. The van der Waals surface area contributed by atoms with Crippen molar-refractivity contribution in [2.45, 2.75) is 82.7 Å². The lowest BCUT2D eigenvalue weighted by Crippen LogP contribution is -2.37. The van der Waals surface area contributed by atoms with Crippen LogP contribution in [0, 0.1) is 11.8 Å². The number of rotatable bonds is 7. The summed E-state index contributed by atoms with van der Waals surface area (Å²) in [7, 11) is 1.48. The Bertz CT molecular complexity index is 941. The summed E-state index contributed by atoms with van der Waals surface area (Å²) >= 11 is 1.70. The minimum absolute atomic E-state index is 0.0460. The monoisotopic (exact) mass is 497 g/mol. The molecular weight excluding hydrogens is 458 g/mol. The van der Waals surface area contributed by atoms with Crippen molar-refractivity contribution in [3.8, 4) is 10.6 Å². The molecule has 0 unspecified atom stereocenters. The normalized spacial score (nSPS) is 24.4. The first-order valence-electron chi connectivity index (χ1n) is 13.6. The second-order valence-electron chi connectivity index (χ2n) is 10.6. The molecule has 0 bridgehead atoms. The Hall–Kier alpha value is -1.99. The Balaban J connectivity index is 1.10. The summed E-state index contributed by atoms with van der Waals surface area (Å²) in [4.78, 5) is 14.3. The van der Waals surface area contributed by atoms with Gasteiger partial charge in [-0.05, 0) is 81.5 Å². The summed E-state index contributed by atoms with van der Waals surface area (Å²) in [6.45, 7) is 3.09. The Morgan fingerprint density at radius 2 is 1.66 bits per heavy atom. The SMILES string of the molecule is COC(=O)C1CCC(c2nnc(-c3ccc(N4CCC(OCC5CCCCC5)CC4)cc3)s2)CC1. The minimum Gasteiger partial charge on any atom is -0.469 e. The van der Waals surface area contributed by atoms with E-state index in [0.29, 0.717) is 12.0 Å². The van der Waals surface area contributed by atoms with Crippen molar-refractivity contribution in [1.29, 1.82) is 0 Å². The van der Waals surface area contributed by atoms with E-state index in [-0.39, 0.29) is 11.9 Å². The van der Waals surface area contributed by atoms with Crippen molar-refractivity contribution in [1.82, 2.24) is 10.2 Å². The molecule has 1 aromatic carbocycles. The number of esters is 1. The van der Waals surface area contributed by atoms with Crippen molar-refractivity contribution in [3.63, 3.8) is 0 Å². The van der Waals surface area contributed by atoms with E-state index in [1.807, 2.05) is 0 Å². The maximum Gasteiger partial charge on any atom is 0.308 e. The molecule has 0 radical (unpaired) electrons. The average molecular weight is 498 g/mol. The molecule has 2 aromatic rings. The van der Waals surface area contributed by atoms with Gasteiger partial charge in [-0.1, -0.05) is 30.6 Å². The van der Waals surface area contributed by atoms with Crippen molar-refractivity contribution < 1.29 is 14.3 Å². The largest absolute Gasteiger partial charge is 0.469 e. The highest BCUT2D eigenvalue weighted by atomic mass is 32.1. The number of hydrogen-bond acceptors (Lipinski definition) is 7. The standard InChI is InChI=1S/C28H39N3O3S/c1-33-28(32)23-9-7-21(8-10-23)26-29-30-27(35-26)22-11-13-24(14-12-22)31-17-15-25(16-18-31)34-19-20-5-3-2-4-6-20/h11-14,20-21,23,25H,2-10,15-19H2,1H3. The molecule has 5 rings (SSSR count). The molecule has 6 nitrogen and oxygen atoms in total.